The van der Waals surface area contributed by atoms with Crippen molar-refractivity contribution in [3.63, 3.8) is 0 Å². The van der Waals surface area contributed by atoms with Crippen LogP contribution >= 0.6 is 0 Å². The van der Waals surface area contributed by atoms with Crippen LogP contribution in [0.3, 0.4) is 0 Å². The van der Waals surface area contributed by atoms with Gasteiger partial charge in [-0.3, -0.25) is 0 Å². The van der Waals surface area contributed by atoms with E-state index in [1.807, 2.05) is 24.6 Å². The van der Waals surface area contributed by atoms with Crippen molar-refractivity contribution in [2.45, 2.75) is 51.4 Å². The summed E-state index contributed by atoms with van der Waals surface area (Å²) in [5.74, 6) is 0.514. The summed E-state index contributed by atoms with van der Waals surface area (Å²) in [6.45, 7) is 5.87. The molecule has 0 amide bonds. The van der Waals surface area contributed by atoms with E-state index in [4.69, 9.17) is 5.10 Å². The van der Waals surface area contributed by atoms with Gasteiger partial charge in [-0.15, -0.1) is 0 Å². The van der Waals surface area contributed by atoms with E-state index in [9.17, 15) is 13.2 Å². The summed E-state index contributed by atoms with van der Waals surface area (Å²) in [5.41, 5.74) is -0.932. The first-order valence-electron chi connectivity index (χ1n) is 9.62. The number of halogens is 3. The maximum atomic E-state index is 13.2. The first kappa shape index (κ1) is 20.1. The van der Waals surface area contributed by atoms with E-state index in [1.54, 1.807) is 24.1 Å². The Kier molecular flexibility index (Phi) is 4.86. The molecule has 0 bridgehead atoms. The highest BCUT2D eigenvalue weighted by molar-refractivity contribution is 5.56. The average molecular weight is 421 g/mol. The van der Waals surface area contributed by atoms with Crippen molar-refractivity contribution in [3.05, 3.63) is 36.0 Å². The summed E-state index contributed by atoms with van der Waals surface area (Å²) >= 11 is 0. The number of anilines is 3. The van der Waals surface area contributed by atoms with E-state index >= 15 is 0 Å². The van der Waals surface area contributed by atoms with E-state index in [1.165, 1.54) is 0 Å². The molecule has 1 aliphatic rings. The van der Waals surface area contributed by atoms with Crippen LogP contribution in [0.15, 0.2) is 24.7 Å². The van der Waals surface area contributed by atoms with Crippen LogP contribution < -0.4 is 10.6 Å². The molecule has 0 aliphatic heterocycles. The third-order valence-corrected chi connectivity index (χ3v) is 4.82. The number of alkyl halides is 3. The molecule has 0 atom stereocenters. The highest BCUT2D eigenvalue weighted by atomic mass is 19.4. The lowest BCUT2D eigenvalue weighted by Crippen LogP contribution is -2.30. The van der Waals surface area contributed by atoms with Gasteiger partial charge < -0.3 is 10.6 Å². The molecule has 0 spiro atoms. The molecule has 1 fully saturated rings. The third kappa shape index (κ3) is 3.81. The molecular formula is C18H22F3N9. The zero-order valence-corrected chi connectivity index (χ0v) is 16.8. The molecule has 0 unspecified atom stereocenters. The minimum atomic E-state index is -4.59. The molecule has 1 aliphatic carbocycles. The number of nitrogens with one attached hydrogen (secondary N) is 2. The second kappa shape index (κ2) is 7.26. The van der Waals surface area contributed by atoms with Crippen LogP contribution in [-0.4, -0.2) is 41.3 Å². The second-order valence-electron chi connectivity index (χ2n) is 7.57. The first-order chi connectivity index (χ1) is 14.2. The van der Waals surface area contributed by atoms with Crippen LogP contribution in [0, 0.1) is 0 Å². The number of aromatic nitrogens is 7. The fourth-order valence-electron chi connectivity index (χ4n) is 3.07. The van der Waals surface area contributed by atoms with Gasteiger partial charge in [0.2, 0.25) is 0 Å². The van der Waals surface area contributed by atoms with Crippen LogP contribution in [0.2, 0.25) is 0 Å². The van der Waals surface area contributed by atoms with Crippen LogP contribution in [-0.2, 0) is 11.7 Å². The van der Waals surface area contributed by atoms with Crippen molar-refractivity contribution >= 4 is 17.5 Å². The van der Waals surface area contributed by atoms with Gasteiger partial charge in [-0.25, -0.2) is 14.6 Å². The van der Waals surface area contributed by atoms with Gasteiger partial charge in [-0.1, -0.05) is 0 Å². The number of hydrogen-bond acceptors (Lipinski definition) is 7. The normalized spacial score (nSPS) is 14.7. The van der Waals surface area contributed by atoms with E-state index in [-0.39, 0.29) is 24.2 Å². The van der Waals surface area contributed by atoms with Crippen LogP contribution in [0.1, 0.15) is 51.0 Å². The monoisotopic (exact) mass is 421 g/mol. The largest absolute Gasteiger partial charge is 0.437 e. The Morgan fingerprint density at radius 1 is 1.17 bits per heavy atom. The predicted octanol–water partition coefficient (Wildman–Crippen LogP) is 3.58. The Morgan fingerprint density at radius 3 is 2.47 bits per heavy atom. The molecule has 0 radical (unpaired) electrons. The highest BCUT2D eigenvalue weighted by Crippen LogP contribution is 2.39. The van der Waals surface area contributed by atoms with Crippen molar-refractivity contribution in [2.24, 2.45) is 0 Å². The van der Waals surface area contributed by atoms with E-state index in [0.717, 1.165) is 24.7 Å². The van der Waals surface area contributed by atoms with Crippen molar-refractivity contribution in [3.8, 4) is 0 Å². The minimum Gasteiger partial charge on any atom is -0.368 e. The van der Waals surface area contributed by atoms with E-state index in [2.05, 4.69) is 30.8 Å². The summed E-state index contributed by atoms with van der Waals surface area (Å²) in [5, 5.41) is 18.9. The van der Waals surface area contributed by atoms with Crippen LogP contribution in [0.5, 0.6) is 0 Å². The number of nitrogens with zero attached hydrogens (tertiary/aromatic N) is 7. The standard InChI is InChI=1S/C18H22F3N9/c1-4-22-16-15(18(19,20)21)23-10-13(27-16)26-14-9-12(28-29(14)11-5-6-11)17(2,3)30-24-7-8-25-30/h7-11H,4-6H2,1-3H3,(H2,22,26,27). The number of hydrogen-bond donors (Lipinski definition) is 2. The quantitative estimate of drug-likeness (QED) is 0.602. The van der Waals surface area contributed by atoms with Gasteiger partial charge in [-0.2, -0.15) is 33.3 Å². The van der Waals surface area contributed by atoms with E-state index < -0.39 is 17.4 Å². The van der Waals surface area contributed by atoms with Gasteiger partial charge in [-0.05, 0) is 33.6 Å². The first-order valence-corrected chi connectivity index (χ1v) is 9.62. The Morgan fingerprint density at radius 2 is 1.87 bits per heavy atom. The Labute approximate surface area is 170 Å². The molecule has 12 heteroatoms. The average Bonchev–Trinajstić information content (AvgIpc) is 3.18. The number of rotatable bonds is 7. The van der Waals surface area contributed by atoms with Gasteiger partial charge in [0.25, 0.3) is 0 Å². The summed E-state index contributed by atoms with van der Waals surface area (Å²) in [6.07, 6.45) is 1.65. The Hall–Kier alpha value is -3.18. The smallest absolute Gasteiger partial charge is 0.368 e. The molecule has 9 nitrogen and oxygen atoms in total. The lowest BCUT2D eigenvalue weighted by molar-refractivity contribution is -0.140. The maximum Gasteiger partial charge on any atom is 0.437 e. The molecule has 30 heavy (non-hydrogen) atoms. The molecule has 2 N–H and O–H groups in total. The third-order valence-electron chi connectivity index (χ3n) is 4.82. The van der Waals surface area contributed by atoms with Crippen molar-refractivity contribution < 1.29 is 13.2 Å². The molecule has 0 saturated heterocycles. The van der Waals surface area contributed by atoms with Crippen LogP contribution in [0.4, 0.5) is 30.6 Å². The molecule has 160 valence electrons. The van der Waals surface area contributed by atoms with Crippen molar-refractivity contribution in [1.82, 2.24) is 34.7 Å². The van der Waals surface area contributed by atoms with Crippen molar-refractivity contribution in [2.75, 3.05) is 17.2 Å². The fraction of sp³-hybridized carbons (Fsp3) is 0.500. The summed E-state index contributed by atoms with van der Waals surface area (Å²) < 4.78 is 41.4. The minimum absolute atomic E-state index is 0.197. The molecule has 0 aromatic carbocycles. The lowest BCUT2D eigenvalue weighted by Gasteiger charge is -2.20. The summed E-state index contributed by atoms with van der Waals surface area (Å²) in [6, 6.07) is 2.08. The molecule has 3 aromatic rings. The Bertz CT molecular complexity index is 1020. The topological polar surface area (TPSA) is 98.4 Å². The zero-order valence-electron chi connectivity index (χ0n) is 16.8. The SMILES string of the molecule is CCNc1nc(Nc2cc(C(C)(C)n3nccn3)nn2C2CC2)cnc1C(F)(F)F. The second-order valence-corrected chi connectivity index (χ2v) is 7.57. The zero-order chi connectivity index (χ0) is 21.5. The lowest BCUT2D eigenvalue weighted by atomic mass is 10.0. The Balaban J connectivity index is 1.68. The molecule has 3 heterocycles. The van der Waals surface area contributed by atoms with E-state index in [0.29, 0.717) is 5.82 Å². The predicted molar refractivity (Wildman–Crippen MR) is 103 cm³/mol. The molecule has 3 aromatic heterocycles. The maximum absolute atomic E-state index is 13.2. The molecular weight excluding hydrogens is 399 g/mol. The molecule has 4 rings (SSSR count). The highest BCUT2D eigenvalue weighted by Gasteiger charge is 2.37. The van der Waals surface area contributed by atoms with Gasteiger partial charge in [0.05, 0.1) is 30.3 Å². The van der Waals surface area contributed by atoms with Gasteiger partial charge in [0.1, 0.15) is 11.4 Å². The fourth-order valence-corrected chi connectivity index (χ4v) is 3.07. The van der Waals surface area contributed by atoms with Gasteiger partial charge in [0, 0.05) is 12.6 Å². The molecule has 1 saturated carbocycles. The summed E-state index contributed by atoms with van der Waals surface area (Å²) in [4.78, 5) is 9.24. The summed E-state index contributed by atoms with van der Waals surface area (Å²) in [7, 11) is 0. The van der Waals surface area contributed by atoms with Crippen LogP contribution in [0.25, 0.3) is 0 Å². The van der Waals surface area contributed by atoms with Gasteiger partial charge in [0.15, 0.2) is 17.3 Å². The van der Waals surface area contributed by atoms with Crippen molar-refractivity contribution in [1.29, 1.82) is 0 Å². The van der Waals surface area contributed by atoms with Gasteiger partial charge >= 0.3 is 6.18 Å².